The van der Waals surface area contributed by atoms with Crippen molar-refractivity contribution in [3.8, 4) is 0 Å². The number of fused-ring (bicyclic) bond motifs is 3. The molecule has 3 aromatic carbocycles. The number of carbonyl (C=O) groups excluding carboxylic acids is 5. The average molecular weight is 807 g/mol. The molecule has 21 heteroatoms. The Hall–Kier alpha value is -6.64. The number of nitrogens with one attached hydrogen (secondary N) is 2. The second kappa shape index (κ2) is 16.2. The Labute approximate surface area is 326 Å². The van der Waals surface area contributed by atoms with Crippen molar-refractivity contribution in [3.05, 3.63) is 120 Å². The van der Waals surface area contributed by atoms with Gasteiger partial charge in [0.25, 0.3) is 17.1 Å². The standard InChI is InChI=1S/C36H34N6O14S/c1-35-20-36(35,33(46)55-18-22-7-13-25(14-8-22)41(50)51)39-30(44)29(31(39)57-35)38-28(43)4-2-3-27(32(45)54-17-21-5-11-24(12-6-21)40(48)49)37-34(47)56-19-23-9-15-26(16-10-23)42(52)53/h5-16,27,29,31H,2-4,17-20H2,1H3,(H,37,47)(H,38,43)/t27-,29-,31-,35-,36-/m1/s1. The first-order valence-electron chi connectivity index (χ1n) is 17.4. The molecule has 0 bridgehead atoms. The molecule has 0 unspecified atom stereocenters. The molecular weight excluding hydrogens is 772 g/mol. The minimum atomic E-state index is -1.30. The molecule has 20 nitrogen and oxygen atoms in total. The molecule has 3 amide bonds. The Kier molecular flexibility index (Phi) is 11.4. The van der Waals surface area contributed by atoms with Gasteiger partial charge in [0, 0.05) is 49.2 Å². The van der Waals surface area contributed by atoms with Gasteiger partial charge in [-0.1, -0.05) is 0 Å². The fourth-order valence-corrected chi connectivity index (χ4v) is 8.57. The third kappa shape index (κ3) is 8.47. The van der Waals surface area contributed by atoms with Crippen molar-refractivity contribution >= 4 is 58.7 Å². The average Bonchev–Trinajstić information content (AvgIpc) is 3.73. The number of nitro groups is 3. The lowest BCUT2D eigenvalue weighted by Gasteiger charge is -2.46. The monoisotopic (exact) mass is 806 g/mol. The highest BCUT2D eigenvalue weighted by Gasteiger charge is 2.85. The molecule has 2 saturated heterocycles. The SMILES string of the molecule is C[C@@]12C[C@]1(C(=O)OCc1ccc([N+](=O)[O-])cc1)N1C(=O)[C@@H](NC(=O)CCC[C@@H](NC(=O)OCc3ccc([N+](=O)[O-])cc3)C(=O)OCc3ccc([N+](=O)[O-])cc3)[C@H]1S2. The number of esters is 2. The number of nitro benzene ring substituents is 3. The molecule has 2 heterocycles. The van der Waals surface area contributed by atoms with Crippen LogP contribution in [0.1, 0.15) is 49.3 Å². The quantitative estimate of drug-likeness (QED) is 0.0642. The van der Waals surface area contributed by atoms with Crippen LogP contribution in [0, 0.1) is 30.3 Å². The minimum absolute atomic E-state index is 0.0464. The van der Waals surface area contributed by atoms with Gasteiger partial charge in [0.15, 0.2) is 5.54 Å². The molecule has 1 aliphatic carbocycles. The highest BCUT2D eigenvalue weighted by atomic mass is 32.2. The number of β-lactam (4-membered cyclic amide) rings is 1. The number of rotatable bonds is 17. The third-order valence-electron chi connectivity index (χ3n) is 9.87. The van der Waals surface area contributed by atoms with Crippen molar-refractivity contribution in [1.29, 1.82) is 0 Å². The van der Waals surface area contributed by atoms with Crippen LogP contribution < -0.4 is 10.6 Å². The van der Waals surface area contributed by atoms with Gasteiger partial charge in [-0.3, -0.25) is 39.9 Å². The van der Waals surface area contributed by atoms with Gasteiger partial charge in [0.1, 0.15) is 37.3 Å². The normalized spacial score (nSPS) is 21.8. The first-order chi connectivity index (χ1) is 27.1. The van der Waals surface area contributed by atoms with Crippen molar-refractivity contribution in [2.75, 3.05) is 0 Å². The second-order valence-electron chi connectivity index (χ2n) is 13.6. The van der Waals surface area contributed by atoms with Crippen LogP contribution in [-0.4, -0.2) is 77.3 Å². The van der Waals surface area contributed by atoms with Crippen LogP contribution in [0.4, 0.5) is 21.9 Å². The van der Waals surface area contributed by atoms with E-state index in [1.165, 1.54) is 89.5 Å². The summed E-state index contributed by atoms with van der Waals surface area (Å²) >= 11 is 1.38. The number of hydrogen-bond acceptors (Lipinski definition) is 15. The van der Waals surface area contributed by atoms with Crippen LogP contribution in [0.5, 0.6) is 0 Å². The zero-order valence-corrected chi connectivity index (χ0v) is 30.8. The van der Waals surface area contributed by atoms with E-state index >= 15 is 0 Å². The van der Waals surface area contributed by atoms with Crippen LogP contribution in [0.25, 0.3) is 0 Å². The summed E-state index contributed by atoms with van der Waals surface area (Å²) in [7, 11) is 0. The van der Waals surface area contributed by atoms with Crippen LogP contribution in [0.3, 0.4) is 0 Å². The molecule has 1 saturated carbocycles. The van der Waals surface area contributed by atoms with Gasteiger partial charge in [0.2, 0.25) is 11.8 Å². The molecule has 0 radical (unpaired) electrons. The van der Waals surface area contributed by atoms with Gasteiger partial charge >= 0.3 is 18.0 Å². The van der Waals surface area contributed by atoms with Crippen molar-refractivity contribution in [3.63, 3.8) is 0 Å². The van der Waals surface area contributed by atoms with Gasteiger partial charge < -0.3 is 29.7 Å². The zero-order chi connectivity index (χ0) is 41.1. The molecule has 3 aromatic rings. The maximum absolute atomic E-state index is 13.3. The van der Waals surface area contributed by atoms with Crippen molar-refractivity contribution in [1.82, 2.24) is 15.5 Å². The molecule has 5 atom stereocenters. The van der Waals surface area contributed by atoms with Crippen LogP contribution >= 0.6 is 11.8 Å². The third-order valence-corrected chi connectivity index (χ3v) is 11.6. The number of benzene rings is 3. The number of carbonyl (C=O) groups is 5. The predicted molar refractivity (Wildman–Crippen MR) is 196 cm³/mol. The molecule has 2 N–H and O–H groups in total. The Morgan fingerprint density at radius 1 is 0.789 bits per heavy atom. The van der Waals surface area contributed by atoms with E-state index in [-0.39, 0.29) is 56.1 Å². The smallest absolute Gasteiger partial charge is 0.408 e. The van der Waals surface area contributed by atoms with E-state index in [4.69, 9.17) is 14.2 Å². The lowest BCUT2D eigenvalue weighted by atomic mass is 10.00. The number of thioether (sulfide) groups is 1. The summed E-state index contributed by atoms with van der Waals surface area (Å²) in [5.41, 5.74) is -0.231. The van der Waals surface area contributed by atoms with Crippen molar-refractivity contribution in [2.45, 2.75) is 80.2 Å². The summed E-state index contributed by atoms with van der Waals surface area (Å²) in [5, 5.41) is 37.4. The molecule has 6 rings (SSSR count). The molecular formula is C36H34N6O14S. The fraction of sp³-hybridized carbons (Fsp3) is 0.361. The molecule has 3 fully saturated rings. The Bertz CT molecular complexity index is 2120. The Morgan fingerprint density at radius 2 is 1.26 bits per heavy atom. The molecule has 298 valence electrons. The zero-order valence-electron chi connectivity index (χ0n) is 30.0. The summed E-state index contributed by atoms with van der Waals surface area (Å²) in [6.45, 7) is 1.13. The number of non-ortho nitro benzene ring substituents is 3. The lowest BCUT2D eigenvalue weighted by molar-refractivity contribution is -0.385. The van der Waals surface area contributed by atoms with E-state index in [1.807, 2.05) is 6.92 Å². The van der Waals surface area contributed by atoms with E-state index in [9.17, 15) is 54.3 Å². The molecule has 0 aromatic heterocycles. The number of alkyl carbamates (subject to hydrolysis) is 1. The summed E-state index contributed by atoms with van der Waals surface area (Å²) in [5.74, 6) is -2.47. The Morgan fingerprint density at radius 3 is 1.75 bits per heavy atom. The fourth-order valence-electron chi connectivity index (χ4n) is 6.66. The minimum Gasteiger partial charge on any atom is -0.459 e. The van der Waals surface area contributed by atoms with Crippen LogP contribution in [-0.2, 0) is 53.2 Å². The van der Waals surface area contributed by atoms with Crippen molar-refractivity contribution in [2.24, 2.45) is 0 Å². The maximum atomic E-state index is 13.3. The van der Waals surface area contributed by atoms with E-state index in [0.717, 1.165) is 0 Å². The van der Waals surface area contributed by atoms with Crippen LogP contribution in [0.15, 0.2) is 72.8 Å². The number of hydrogen-bond donors (Lipinski definition) is 2. The van der Waals surface area contributed by atoms with Gasteiger partial charge in [-0.05, 0) is 72.9 Å². The van der Waals surface area contributed by atoms with E-state index in [2.05, 4.69) is 10.6 Å². The van der Waals surface area contributed by atoms with Gasteiger partial charge in [-0.2, -0.15) is 0 Å². The summed E-state index contributed by atoms with van der Waals surface area (Å²) in [6.07, 6.45) is -0.862. The molecule has 57 heavy (non-hydrogen) atoms. The number of amides is 3. The summed E-state index contributed by atoms with van der Waals surface area (Å²) in [4.78, 5) is 98.0. The first-order valence-corrected chi connectivity index (χ1v) is 18.3. The second-order valence-corrected chi connectivity index (χ2v) is 15.3. The summed E-state index contributed by atoms with van der Waals surface area (Å²) < 4.78 is 15.4. The van der Waals surface area contributed by atoms with Gasteiger partial charge in [-0.25, -0.2) is 14.4 Å². The Balaban J connectivity index is 1.01. The first kappa shape index (κ1) is 40.0. The highest BCUT2D eigenvalue weighted by molar-refractivity contribution is 8.02. The van der Waals surface area contributed by atoms with E-state index < -0.39 is 72.4 Å². The largest absolute Gasteiger partial charge is 0.459 e. The molecule has 3 aliphatic rings. The molecule has 0 spiro atoms. The number of nitrogens with zero attached hydrogens (tertiary/aromatic N) is 4. The number of ether oxygens (including phenoxy) is 3. The van der Waals surface area contributed by atoms with E-state index in [0.29, 0.717) is 23.1 Å². The predicted octanol–water partition coefficient (Wildman–Crippen LogP) is 3.96. The molecule has 2 aliphatic heterocycles. The van der Waals surface area contributed by atoms with Gasteiger partial charge in [-0.15, -0.1) is 11.8 Å². The van der Waals surface area contributed by atoms with E-state index in [1.54, 1.807) is 0 Å². The van der Waals surface area contributed by atoms with Crippen molar-refractivity contribution < 1.29 is 53.0 Å². The van der Waals surface area contributed by atoms with Gasteiger partial charge in [0.05, 0.1) is 19.5 Å². The summed E-state index contributed by atoms with van der Waals surface area (Å²) in [6, 6.07) is 13.9. The van der Waals surface area contributed by atoms with Crippen LogP contribution in [0.2, 0.25) is 0 Å². The maximum Gasteiger partial charge on any atom is 0.408 e. The lowest BCUT2D eigenvalue weighted by Crippen LogP contribution is -2.72. The topological polar surface area (TPSA) is 270 Å². The highest BCUT2D eigenvalue weighted by Crippen LogP contribution is 2.72.